The fraction of sp³-hybridized carbons (Fsp3) is 0.500. The summed E-state index contributed by atoms with van der Waals surface area (Å²) >= 11 is 1.50. The molecule has 102 valence electrons. The number of rotatable bonds is 6. The average molecular weight is 278 g/mol. The highest BCUT2D eigenvalue weighted by molar-refractivity contribution is 7.99. The van der Waals surface area contributed by atoms with Crippen LogP contribution in [0.4, 0.5) is 0 Å². The SMILES string of the molecule is CCCNC(C)c1ccc(Sc2nnnn2C)cn1. The van der Waals surface area contributed by atoms with Gasteiger partial charge >= 0.3 is 0 Å². The van der Waals surface area contributed by atoms with Crippen LogP contribution in [-0.2, 0) is 7.05 Å². The first-order valence-corrected chi connectivity index (χ1v) is 7.12. The van der Waals surface area contributed by atoms with Gasteiger partial charge in [0.15, 0.2) is 0 Å². The van der Waals surface area contributed by atoms with Crippen LogP contribution in [0.25, 0.3) is 0 Å². The maximum Gasteiger partial charge on any atom is 0.213 e. The third kappa shape index (κ3) is 3.74. The molecule has 1 unspecified atom stereocenters. The molecule has 0 saturated carbocycles. The van der Waals surface area contributed by atoms with Crippen molar-refractivity contribution in [2.24, 2.45) is 7.05 Å². The van der Waals surface area contributed by atoms with E-state index in [9.17, 15) is 0 Å². The normalized spacial score (nSPS) is 12.6. The van der Waals surface area contributed by atoms with Crippen molar-refractivity contribution >= 4 is 11.8 Å². The molecule has 0 fully saturated rings. The van der Waals surface area contributed by atoms with E-state index in [4.69, 9.17) is 0 Å². The highest BCUT2D eigenvalue weighted by Gasteiger charge is 2.08. The number of hydrogen-bond acceptors (Lipinski definition) is 6. The van der Waals surface area contributed by atoms with E-state index in [1.807, 2.05) is 25.4 Å². The summed E-state index contributed by atoms with van der Waals surface area (Å²) in [7, 11) is 1.82. The van der Waals surface area contributed by atoms with Gasteiger partial charge in [-0.2, -0.15) is 0 Å². The Bertz CT molecular complexity index is 509. The largest absolute Gasteiger partial charge is 0.309 e. The van der Waals surface area contributed by atoms with Crippen molar-refractivity contribution < 1.29 is 0 Å². The molecule has 0 aliphatic heterocycles. The third-order valence-corrected chi connectivity index (χ3v) is 3.70. The number of tetrazole rings is 1. The molecular formula is C12H18N6S. The quantitative estimate of drug-likeness (QED) is 0.869. The molecule has 0 bridgehead atoms. The fourth-order valence-corrected chi connectivity index (χ4v) is 2.29. The van der Waals surface area contributed by atoms with Crippen LogP contribution in [0.2, 0.25) is 0 Å². The molecule has 0 aromatic carbocycles. The van der Waals surface area contributed by atoms with E-state index in [2.05, 4.69) is 39.7 Å². The van der Waals surface area contributed by atoms with Crippen molar-refractivity contribution in [3.63, 3.8) is 0 Å². The summed E-state index contributed by atoms with van der Waals surface area (Å²) in [5.74, 6) is 0. The molecule has 0 aliphatic carbocycles. The van der Waals surface area contributed by atoms with Gasteiger partial charge in [-0.1, -0.05) is 6.92 Å². The van der Waals surface area contributed by atoms with Gasteiger partial charge in [0, 0.05) is 24.2 Å². The van der Waals surface area contributed by atoms with Crippen LogP contribution in [0.5, 0.6) is 0 Å². The molecule has 1 atom stereocenters. The Balaban J connectivity index is 2.00. The van der Waals surface area contributed by atoms with Crippen LogP contribution >= 0.6 is 11.8 Å². The second-order valence-electron chi connectivity index (χ2n) is 4.28. The predicted molar refractivity (Wildman–Crippen MR) is 73.9 cm³/mol. The number of nitrogens with zero attached hydrogens (tertiary/aromatic N) is 5. The maximum atomic E-state index is 4.48. The zero-order valence-electron chi connectivity index (χ0n) is 11.4. The van der Waals surface area contributed by atoms with Crippen molar-refractivity contribution in [1.82, 2.24) is 30.5 Å². The summed E-state index contributed by atoms with van der Waals surface area (Å²) in [6.45, 7) is 5.28. The van der Waals surface area contributed by atoms with Gasteiger partial charge in [-0.25, -0.2) is 4.68 Å². The third-order valence-electron chi connectivity index (χ3n) is 2.69. The van der Waals surface area contributed by atoms with Crippen LogP contribution in [0.1, 0.15) is 32.0 Å². The number of nitrogens with one attached hydrogen (secondary N) is 1. The molecule has 0 amide bonds. The number of aromatic nitrogens is 5. The summed E-state index contributed by atoms with van der Waals surface area (Å²) in [5.41, 5.74) is 1.05. The second kappa shape index (κ2) is 6.63. The maximum absolute atomic E-state index is 4.48. The minimum absolute atomic E-state index is 0.274. The minimum atomic E-state index is 0.274. The molecule has 2 aromatic heterocycles. The number of hydrogen-bond donors (Lipinski definition) is 1. The molecular weight excluding hydrogens is 260 g/mol. The van der Waals surface area contributed by atoms with Crippen molar-refractivity contribution in [2.75, 3.05) is 6.54 Å². The Labute approximate surface area is 117 Å². The molecule has 0 radical (unpaired) electrons. The molecule has 7 heteroatoms. The van der Waals surface area contributed by atoms with Gasteiger partial charge < -0.3 is 5.32 Å². The smallest absolute Gasteiger partial charge is 0.213 e. The van der Waals surface area contributed by atoms with Crippen LogP contribution in [0, 0.1) is 0 Å². The molecule has 0 aliphatic rings. The molecule has 19 heavy (non-hydrogen) atoms. The highest BCUT2D eigenvalue weighted by atomic mass is 32.2. The van der Waals surface area contributed by atoms with Crippen molar-refractivity contribution in [3.05, 3.63) is 24.0 Å². The first-order valence-electron chi connectivity index (χ1n) is 6.30. The fourth-order valence-electron chi connectivity index (χ4n) is 1.59. The van der Waals surface area contributed by atoms with Crippen LogP contribution in [0.15, 0.2) is 28.4 Å². The molecule has 0 spiro atoms. The molecule has 1 N–H and O–H groups in total. The minimum Gasteiger partial charge on any atom is -0.309 e. The number of aryl methyl sites for hydroxylation is 1. The molecule has 0 saturated heterocycles. The molecule has 6 nitrogen and oxygen atoms in total. The van der Waals surface area contributed by atoms with Crippen LogP contribution < -0.4 is 5.32 Å². The Morgan fingerprint density at radius 3 is 2.84 bits per heavy atom. The molecule has 2 aromatic rings. The van der Waals surface area contributed by atoms with Gasteiger partial charge in [-0.3, -0.25) is 4.98 Å². The standard InChI is InChI=1S/C12H18N6S/c1-4-7-13-9(2)11-6-5-10(8-14-11)19-12-15-16-17-18(12)3/h5-6,8-9,13H,4,7H2,1-3H3. The summed E-state index contributed by atoms with van der Waals surface area (Å²) < 4.78 is 1.64. The Morgan fingerprint density at radius 2 is 2.26 bits per heavy atom. The van der Waals surface area contributed by atoms with Gasteiger partial charge in [0.1, 0.15) is 0 Å². The monoisotopic (exact) mass is 278 g/mol. The Kier molecular flexibility index (Phi) is 4.86. The molecule has 2 rings (SSSR count). The summed E-state index contributed by atoms with van der Waals surface area (Å²) in [6.07, 6.45) is 2.98. The van der Waals surface area contributed by atoms with Crippen LogP contribution in [-0.4, -0.2) is 31.7 Å². The molecule has 2 heterocycles. The van der Waals surface area contributed by atoms with E-state index in [-0.39, 0.29) is 6.04 Å². The lowest BCUT2D eigenvalue weighted by atomic mass is 10.2. The van der Waals surface area contributed by atoms with Gasteiger partial charge in [0.25, 0.3) is 0 Å². The second-order valence-corrected chi connectivity index (χ2v) is 5.32. The van der Waals surface area contributed by atoms with E-state index in [0.29, 0.717) is 0 Å². The zero-order chi connectivity index (χ0) is 13.7. The highest BCUT2D eigenvalue weighted by Crippen LogP contribution is 2.24. The lowest BCUT2D eigenvalue weighted by Crippen LogP contribution is -2.20. The van der Waals surface area contributed by atoms with Crippen LogP contribution in [0.3, 0.4) is 0 Å². The topological polar surface area (TPSA) is 68.5 Å². The van der Waals surface area contributed by atoms with E-state index < -0.39 is 0 Å². The van der Waals surface area contributed by atoms with E-state index >= 15 is 0 Å². The average Bonchev–Trinajstić information content (AvgIpc) is 2.82. The number of pyridine rings is 1. The summed E-state index contributed by atoms with van der Waals surface area (Å²) in [5, 5.41) is 15.5. The van der Waals surface area contributed by atoms with E-state index in [0.717, 1.165) is 28.7 Å². The van der Waals surface area contributed by atoms with Gasteiger partial charge in [-0.15, -0.1) is 5.10 Å². The Morgan fingerprint density at radius 1 is 1.42 bits per heavy atom. The summed E-state index contributed by atoms with van der Waals surface area (Å²) in [4.78, 5) is 5.51. The van der Waals surface area contributed by atoms with Gasteiger partial charge in [-0.05, 0) is 54.2 Å². The van der Waals surface area contributed by atoms with Gasteiger partial charge in [0.2, 0.25) is 5.16 Å². The van der Waals surface area contributed by atoms with E-state index in [1.54, 1.807) is 4.68 Å². The van der Waals surface area contributed by atoms with Gasteiger partial charge in [0.05, 0.1) is 5.69 Å². The lowest BCUT2D eigenvalue weighted by Gasteiger charge is -2.12. The lowest BCUT2D eigenvalue weighted by molar-refractivity contribution is 0.558. The van der Waals surface area contributed by atoms with Crippen molar-refractivity contribution in [1.29, 1.82) is 0 Å². The first kappa shape index (κ1) is 14.0. The predicted octanol–water partition coefficient (Wildman–Crippen LogP) is 1.82. The zero-order valence-corrected chi connectivity index (χ0v) is 12.2. The Hall–Kier alpha value is -1.47. The summed E-state index contributed by atoms with van der Waals surface area (Å²) in [6, 6.07) is 4.36. The van der Waals surface area contributed by atoms with Crippen molar-refractivity contribution in [3.8, 4) is 0 Å². The van der Waals surface area contributed by atoms with E-state index in [1.165, 1.54) is 11.8 Å². The van der Waals surface area contributed by atoms with Crippen molar-refractivity contribution in [2.45, 2.75) is 36.4 Å². The first-order chi connectivity index (χ1) is 9.20.